The molecular weight excluding hydrogens is 212 g/mol. The lowest BCUT2D eigenvalue weighted by atomic mass is 10.2. The maximum atomic E-state index is 5.65. The minimum Gasteiger partial charge on any atom is -0.368 e. The molecule has 88 valence electrons. The van der Waals surface area contributed by atoms with Gasteiger partial charge in [0, 0.05) is 24.0 Å². The van der Waals surface area contributed by atoms with Crippen LogP contribution in [0.5, 0.6) is 0 Å². The summed E-state index contributed by atoms with van der Waals surface area (Å²) >= 11 is 0. The van der Waals surface area contributed by atoms with Crippen LogP contribution in [0.15, 0.2) is 36.5 Å². The van der Waals surface area contributed by atoms with Crippen LogP contribution in [0.25, 0.3) is 0 Å². The summed E-state index contributed by atoms with van der Waals surface area (Å²) in [6.45, 7) is 4.91. The fraction of sp³-hybridized carbons (Fsp3) is 0.231. The molecule has 0 aliphatic heterocycles. The lowest BCUT2D eigenvalue weighted by Crippen LogP contribution is -2.19. The van der Waals surface area contributed by atoms with E-state index in [1.54, 1.807) is 6.20 Å². The summed E-state index contributed by atoms with van der Waals surface area (Å²) in [5.41, 5.74) is 7.78. The third-order valence-corrected chi connectivity index (χ3v) is 2.60. The van der Waals surface area contributed by atoms with Gasteiger partial charge in [-0.05, 0) is 26.0 Å². The number of aromatic nitrogens is 2. The molecule has 0 aliphatic rings. The Morgan fingerprint density at radius 1 is 1.24 bits per heavy atom. The number of para-hydroxylation sites is 1. The van der Waals surface area contributed by atoms with Gasteiger partial charge >= 0.3 is 0 Å². The number of hydrogen-bond donors (Lipinski definition) is 1. The fourth-order valence-electron chi connectivity index (χ4n) is 1.78. The predicted octanol–water partition coefficient (Wildman–Crippen LogP) is 2.53. The molecule has 0 saturated carbocycles. The van der Waals surface area contributed by atoms with Crippen LogP contribution in [0.4, 0.5) is 17.5 Å². The smallest absolute Gasteiger partial charge is 0.221 e. The molecule has 0 spiro atoms. The molecule has 2 aromatic rings. The topological polar surface area (TPSA) is 55.0 Å². The van der Waals surface area contributed by atoms with E-state index in [0.29, 0.717) is 5.95 Å². The minimum atomic E-state index is 0.306. The van der Waals surface area contributed by atoms with Gasteiger partial charge in [-0.2, -0.15) is 4.98 Å². The third kappa shape index (κ3) is 2.36. The molecule has 2 N–H and O–H groups in total. The van der Waals surface area contributed by atoms with Gasteiger partial charge in [0.1, 0.15) is 5.82 Å². The molecule has 2 rings (SSSR count). The molecule has 1 aromatic heterocycles. The van der Waals surface area contributed by atoms with Gasteiger partial charge in [0.25, 0.3) is 0 Å². The van der Waals surface area contributed by atoms with Crippen LogP contribution in [0.2, 0.25) is 0 Å². The summed E-state index contributed by atoms with van der Waals surface area (Å²) in [5.74, 6) is 1.17. The number of nitrogen functional groups attached to an aromatic ring is 1. The summed E-state index contributed by atoms with van der Waals surface area (Å²) in [6.07, 6.45) is 1.75. The van der Waals surface area contributed by atoms with E-state index in [0.717, 1.165) is 23.6 Å². The second-order valence-corrected chi connectivity index (χ2v) is 3.81. The van der Waals surface area contributed by atoms with E-state index >= 15 is 0 Å². The van der Waals surface area contributed by atoms with Crippen LogP contribution < -0.4 is 10.6 Å². The maximum Gasteiger partial charge on any atom is 0.221 e. The summed E-state index contributed by atoms with van der Waals surface area (Å²) in [4.78, 5) is 10.4. The predicted molar refractivity (Wildman–Crippen MR) is 70.3 cm³/mol. The van der Waals surface area contributed by atoms with Gasteiger partial charge in [-0.3, -0.25) is 0 Å². The third-order valence-electron chi connectivity index (χ3n) is 2.60. The number of nitrogens with zero attached hydrogens (tertiary/aromatic N) is 3. The van der Waals surface area contributed by atoms with Crippen molar-refractivity contribution >= 4 is 17.5 Å². The molecular formula is C13H16N4. The van der Waals surface area contributed by atoms with Crippen LogP contribution in [-0.4, -0.2) is 16.5 Å². The molecule has 0 radical (unpaired) electrons. The van der Waals surface area contributed by atoms with Crippen molar-refractivity contribution in [3.05, 3.63) is 42.1 Å². The van der Waals surface area contributed by atoms with Crippen molar-refractivity contribution < 1.29 is 0 Å². The lowest BCUT2D eigenvalue weighted by molar-refractivity contribution is 0.967. The highest BCUT2D eigenvalue weighted by molar-refractivity contribution is 5.62. The van der Waals surface area contributed by atoms with E-state index in [1.165, 1.54) is 0 Å². The highest BCUT2D eigenvalue weighted by Gasteiger charge is 2.11. The Morgan fingerprint density at radius 2 is 1.94 bits per heavy atom. The molecule has 0 bridgehead atoms. The standard InChI is InChI=1S/C13H16N4/c1-3-17(11-7-5-4-6-8-11)12-10(2)9-15-13(14)16-12/h4-9H,3H2,1-2H3,(H2,14,15,16). The van der Waals surface area contributed by atoms with E-state index in [9.17, 15) is 0 Å². The van der Waals surface area contributed by atoms with Gasteiger partial charge in [0.05, 0.1) is 0 Å². The Morgan fingerprint density at radius 3 is 2.59 bits per heavy atom. The van der Waals surface area contributed by atoms with Crippen molar-refractivity contribution in [2.75, 3.05) is 17.2 Å². The van der Waals surface area contributed by atoms with E-state index in [-0.39, 0.29) is 0 Å². The van der Waals surface area contributed by atoms with E-state index in [4.69, 9.17) is 5.73 Å². The Balaban J connectivity index is 2.46. The first-order valence-electron chi connectivity index (χ1n) is 5.64. The summed E-state index contributed by atoms with van der Waals surface area (Å²) in [6, 6.07) is 10.1. The fourth-order valence-corrected chi connectivity index (χ4v) is 1.78. The normalized spacial score (nSPS) is 10.2. The van der Waals surface area contributed by atoms with Crippen molar-refractivity contribution in [3.8, 4) is 0 Å². The van der Waals surface area contributed by atoms with Crippen LogP contribution in [0, 0.1) is 6.92 Å². The van der Waals surface area contributed by atoms with Crippen molar-refractivity contribution in [3.63, 3.8) is 0 Å². The quantitative estimate of drug-likeness (QED) is 0.877. The van der Waals surface area contributed by atoms with Gasteiger partial charge in [0.2, 0.25) is 5.95 Å². The zero-order valence-corrected chi connectivity index (χ0v) is 10.1. The van der Waals surface area contributed by atoms with E-state index in [2.05, 4.69) is 33.9 Å². The molecule has 4 heteroatoms. The second-order valence-electron chi connectivity index (χ2n) is 3.81. The average Bonchev–Trinajstić information content (AvgIpc) is 2.36. The zero-order valence-electron chi connectivity index (χ0n) is 10.1. The van der Waals surface area contributed by atoms with Crippen LogP contribution in [0.1, 0.15) is 12.5 Å². The largest absolute Gasteiger partial charge is 0.368 e. The number of aryl methyl sites for hydroxylation is 1. The molecule has 1 heterocycles. The first-order chi connectivity index (χ1) is 8.22. The number of rotatable bonds is 3. The minimum absolute atomic E-state index is 0.306. The second kappa shape index (κ2) is 4.82. The number of anilines is 3. The van der Waals surface area contributed by atoms with Crippen molar-refractivity contribution in [2.45, 2.75) is 13.8 Å². The number of benzene rings is 1. The summed E-state index contributed by atoms with van der Waals surface area (Å²) in [5, 5.41) is 0. The monoisotopic (exact) mass is 228 g/mol. The molecule has 1 aromatic carbocycles. The molecule has 0 saturated heterocycles. The zero-order chi connectivity index (χ0) is 12.3. The van der Waals surface area contributed by atoms with Gasteiger partial charge in [0.15, 0.2) is 0 Å². The highest BCUT2D eigenvalue weighted by Crippen LogP contribution is 2.25. The Hall–Kier alpha value is -2.10. The molecule has 0 atom stereocenters. The van der Waals surface area contributed by atoms with Crippen molar-refractivity contribution in [2.24, 2.45) is 0 Å². The van der Waals surface area contributed by atoms with Gasteiger partial charge in [-0.25, -0.2) is 4.98 Å². The highest BCUT2D eigenvalue weighted by atomic mass is 15.2. The summed E-state index contributed by atoms with van der Waals surface area (Å²) in [7, 11) is 0. The van der Waals surface area contributed by atoms with Crippen molar-refractivity contribution in [1.29, 1.82) is 0 Å². The molecule has 17 heavy (non-hydrogen) atoms. The van der Waals surface area contributed by atoms with E-state index < -0.39 is 0 Å². The Kier molecular flexibility index (Phi) is 3.23. The SMILES string of the molecule is CCN(c1ccccc1)c1nc(N)ncc1C. The average molecular weight is 228 g/mol. The molecule has 0 unspecified atom stereocenters. The number of hydrogen-bond acceptors (Lipinski definition) is 4. The van der Waals surface area contributed by atoms with Gasteiger partial charge in [-0.1, -0.05) is 18.2 Å². The van der Waals surface area contributed by atoms with Crippen LogP contribution >= 0.6 is 0 Å². The molecule has 0 aliphatic carbocycles. The molecule has 0 amide bonds. The maximum absolute atomic E-state index is 5.65. The van der Waals surface area contributed by atoms with Crippen LogP contribution in [0.3, 0.4) is 0 Å². The van der Waals surface area contributed by atoms with Crippen molar-refractivity contribution in [1.82, 2.24) is 9.97 Å². The van der Waals surface area contributed by atoms with E-state index in [1.807, 2.05) is 25.1 Å². The lowest BCUT2D eigenvalue weighted by Gasteiger charge is -2.23. The molecule has 0 fully saturated rings. The van der Waals surface area contributed by atoms with Gasteiger partial charge in [-0.15, -0.1) is 0 Å². The first kappa shape index (κ1) is 11.4. The molecule has 4 nitrogen and oxygen atoms in total. The Bertz CT molecular complexity index is 496. The first-order valence-corrected chi connectivity index (χ1v) is 5.64. The van der Waals surface area contributed by atoms with Crippen LogP contribution in [-0.2, 0) is 0 Å². The number of nitrogens with two attached hydrogens (primary N) is 1. The summed E-state index contributed by atoms with van der Waals surface area (Å²) < 4.78 is 0. The Labute approximate surface area is 101 Å². The van der Waals surface area contributed by atoms with Gasteiger partial charge < -0.3 is 10.6 Å².